The zero-order chi connectivity index (χ0) is 12.0. The Labute approximate surface area is 95.9 Å². The van der Waals surface area contributed by atoms with Gasteiger partial charge in [-0.15, -0.1) is 0 Å². The Kier molecular flexibility index (Phi) is 4.75. The van der Waals surface area contributed by atoms with Gasteiger partial charge in [-0.25, -0.2) is 0 Å². The van der Waals surface area contributed by atoms with Gasteiger partial charge in [0.1, 0.15) is 0 Å². The number of hydrogen-bond acceptors (Lipinski definition) is 6. The number of ether oxygens (including phenoxy) is 1. The van der Waals surface area contributed by atoms with Gasteiger partial charge in [0.15, 0.2) is 0 Å². The van der Waals surface area contributed by atoms with E-state index >= 15 is 0 Å². The van der Waals surface area contributed by atoms with Crippen LogP contribution < -0.4 is 15.4 Å². The Morgan fingerprint density at radius 1 is 1.12 bits per heavy atom. The summed E-state index contributed by atoms with van der Waals surface area (Å²) in [7, 11) is 1.54. The van der Waals surface area contributed by atoms with Gasteiger partial charge in [-0.3, -0.25) is 0 Å². The predicted molar refractivity (Wildman–Crippen MR) is 63.9 cm³/mol. The van der Waals surface area contributed by atoms with Gasteiger partial charge in [0.25, 0.3) is 0 Å². The van der Waals surface area contributed by atoms with Crippen LogP contribution in [0.4, 0.5) is 11.9 Å². The molecule has 0 atom stereocenters. The third kappa shape index (κ3) is 3.88. The zero-order valence-corrected chi connectivity index (χ0v) is 10.2. The van der Waals surface area contributed by atoms with Crippen molar-refractivity contribution < 1.29 is 4.74 Å². The third-order valence-corrected chi connectivity index (χ3v) is 1.80. The van der Waals surface area contributed by atoms with E-state index < -0.39 is 0 Å². The van der Waals surface area contributed by atoms with Crippen molar-refractivity contribution in [1.29, 1.82) is 0 Å². The van der Waals surface area contributed by atoms with Gasteiger partial charge in [0, 0.05) is 13.1 Å². The molecule has 1 heterocycles. The molecule has 0 spiro atoms. The van der Waals surface area contributed by atoms with E-state index in [1.165, 1.54) is 7.11 Å². The molecule has 1 rings (SSSR count). The molecule has 0 aromatic carbocycles. The summed E-state index contributed by atoms with van der Waals surface area (Å²) < 4.78 is 5.01. The summed E-state index contributed by atoms with van der Waals surface area (Å²) in [5, 5.41) is 6.16. The Morgan fingerprint density at radius 2 is 1.75 bits per heavy atom. The molecule has 1 aromatic rings. The number of nitrogens with one attached hydrogen (secondary N) is 2. The summed E-state index contributed by atoms with van der Waals surface area (Å²) in [6.45, 7) is 7.81. The molecule has 0 radical (unpaired) electrons. The molecular weight excluding hydrogens is 206 g/mol. The average Bonchev–Trinajstić information content (AvgIpc) is 2.26. The molecule has 0 aliphatic carbocycles. The number of rotatable bonds is 6. The second-order valence-corrected chi connectivity index (χ2v) is 3.77. The lowest BCUT2D eigenvalue weighted by Gasteiger charge is -2.09. The predicted octanol–water partition coefficient (Wildman–Crippen LogP) is 1.38. The number of hydrogen-bond donors (Lipinski definition) is 2. The summed E-state index contributed by atoms with van der Waals surface area (Å²) in [6, 6.07) is 0.317. The van der Waals surface area contributed by atoms with E-state index in [2.05, 4.69) is 39.4 Å². The fourth-order valence-electron chi connectivity index (χ4n) is 1.06. The van der Waals surface area contributed by atoms with Crippen LogP contribution in [0, 0.1) is 5.92 Å². The molecule has 0 bridgehead atoms. The maximum absolute atomic E-state index is 5.01. The van der Waals surface area contributed by atoms with Crippen LogP contribution >= 0.6 is 0 Å². The largest absolute Gasteiger partial charge is 0.467 e. The molecule has 1 aromatic heterocycles. The molecule has 0 amide bonds. The number of methoxy groups -OCH3 is 1. The summed E-state index contributed by atoms with van der Waals surface area (Å²) in [4.78, 5) is 12.4. The molecule has 0 saturated heterocycles. The molecule has 16 heavy (non-hydrogen) atoms. The Morgan fingerprint density at radius 3 is 2.25 bits per heavy atom. The number of anilines is 2. The lowest BCUT2D eigenvalue weighted by Crippen LogP contribution is -2.13. The van der Waals surface area contributed by atoms with Crippen molar-refractivity contribution in [3.63, 3.8) is 0 Å². The average molecular weight is 225 g/mol. The topological polar surface area (TPSA) is 72.0 Å². The minimum atomic E-state index is 0.317. The van der Waals surface area contributed by atoms with E-state index in [4.69, 9.17) is 4.74 Å². The van der Waals surface area contributed by atoms with Crippen LogP contribution in [0.15, 0.2) is 0 Å². The highest BCUT2D eigenvalue weighted by Crippen LogP contribution is 2.10. The van der Waals surface area contributed by atoms with Crippen LogP contribution in [-0.2, 0) is 0 Å². The van der Waals surface area contributed by atoms with Crippen molar-refractivity contribution in [3.8, 4) is 6.01 Å². The van der Waals surface area contributed by atoms with E-state index in [1.54, 1.807) is 0 Å². The first-order chi connectivity index (χ1) is 7.65. The van der Waals surface area contributed by atoms with E-state index in [0.29, 0.717) is 23.8 Å². The standard InChI is InChI=1S/C10H19N5O/c1-5-11-8-13-9(12-6-7(2)3)15-10(14-8)16-4/h7H,5-6H2,1-4H3,(H2,11,12,13,14,15). The van der Waals surface area contributed by atoms with Crippen molar-refractivity contribution in [1.82, 2.24) is 15.0 Å². The lowest BCUT2D eigenvalue weighted by atomic mass is 10.2. The molecule has 0 fully saturated rings. The van der Waals surface area contributed by atoms with Crippen LogP contribution in [0.25, 0.3) is 0 Å². The first kappa shape index (κ1) is 12.5. The SMILES string of the molecule is CCNc1nc(NCC(C)C)nc(OC)n1. The fourth-order valence-corrected chi connectivity index (χ4v) is 1.06. The van der Waals surface area contributed by atoms with Gasteiger partial charge >= 0.3 is 6.01 Å². The van der Waals surface area contributed by atoms with Gasteiger partial charge in [0.05, 0.1) is 7.11 Å². The van der Waals surface area contributed by atoms with E-state index in [1.807, 2.05) is 6.92 Å². The highest BCUT2D eigenvalue weighted by molar-refractivity contribution is 5.35. The van der Waals surface area contributed by atoms with E-state index in [9.17, 15) is 0 Å². The van der Waals surface area contributed by atoms with Gasteiger partial charge < -0.3 is 15.4 Å². The first-order valence-corrected chi connectivity index (χ1v) is 5.43. The van der Waals surface area contributed by atoms with Gasteiger partial charge in [-0.05, 0) is 12.8 Å². The minimum absolute atomic E-state index is 0.317. The highest BCUT2D eigenvalue weighted by Gasteiger charge is 2.06. The lowest BCUT2D eigenvalue weighted by molar-refractivity contribution is 0.379. The normalized spacial score (nSPS) is 10.3. The summed E-state index contributed by atoms with van der Waals surface area (Å²) >= 11 is 0. The molecule has 0 aliphatic rings. The molecule has 6 heteroatoms. The Balaban J connectivity index is 2.77. The van der Waals surface area contributed by atoms with Crippen LogP contribution in [0.3, 0.4) is 0 Å². The molecule has 0 saturated carbocycles. The maximum atomic E-state index is 5.01. The molecule has 0 unspecified atom stereocenters. The summed E-state index contributed by atoms with van der Waals surface area (Å²) in [5.74, 6) is 1.60. The second kappa shape index (κ2) is 6.09. The van der Waals surface area contributed by atoms with Crippen LogP contribution in [0.1, 0.15) is 20.8 Å². The zero-order valence-electron chi connectivity index (χ0n) is 10.2. The highest BCUT2D eigenvalue weighted by atomic mass is 16.5. The van der Waals surface area contributed by atoms with E-state index in [-0.39, 0.29) is 0 Å². The van der Waals surface area contributed by atoms with Crippen molar-refractivity contribution in [2.75, 3.05) is 30.8 Å². The van der Waals surface area contributed by atoms with Gasteiger partial charge in [-0.2, -0.15) is 15.0 Å². The van der Waals surface area contributed by atoms with Crippen LogP contribution in [0.2, 0.25) is 0 Å². The minimum Gasteiger partial charge on any atom is -0.467 e. The quantitative estimate of drug-likeness (QED) is 0.762. The third-order valence-electron chi connectivity index (χ3n) is 1.80. The van der Waals surface area contributed by atoms with Crippen LogP contribution in [-0.4, -0.2) is 35.2 Å². The van der Waals surface area contributed by atoms with Crippen molar-refractivity contribution in [2.24, 2.45) is 5.92 Å². The molecule has 0 aliphatic heterocycles. The molecular formula is C10H19N5O. The summed E-state index contributed by atoms with van der Waals surface area (Å²) in [6.07, 6.45) is 0. The van der Waals surface area contributed by atoms with Gasteiger partial charge in [0.2, 0.25) is 11.9 Å². The van der Waals surface area contributed by atoms with Crippen molar-refractivity contribution >= 4 is 11.9 Å². The molecule has 6 nitrogen and oxygen atoms in total. The second-order valence-electron chi connectivity index (χ2n) is 3.77. The van der Waals surface area contributed by atoms with Gasteiger partial charge in [-0.1, -0.05) is 13.8 Å². The number of nitrogens with zero attached hydrogens (tertiary/aromatic N) is 3. The molecule has 2 N–H and O–H groups in total. The first-order valence-electron chi connectivity index (χ1n) is 5.43. The monoisotopic (exact) mass is 225 g/mol. The number of aromatic nitrogens is 3. The smallest absolute Gasteiger partial charge is 0.322 e. The maximum Gasteiger partial charge on any atom is 0.322 e. The van der Waals surface area contributed by atoms with Crippen molar-refractivity contribution in [3.05, 3.63) is 0 Å². The summed E-state index contributed by atoms with van der Waals surface area (Å²) in [5.41, 5.74) is 0. The van der Waals surface area contributed by atoms with E-state index in [0.717, 1.165) is 13.1 Å². The Hall–Kier alpha value is -1.59. The van der Waals surface area contributed by atoms with Crippen molar-refractivity contribution in [2.45, 2.75) is 20.8 Å². The Bertz CT molecular complexity index is 329. The fraction of sp³-hybridized carbons (Fsp3) is 0.700. The van der Waals surface area contributed by atoms with Crippen LogP contribution in [0.5, 0.6) is 6.01 Å². The molecule has 90 valence electrons.